The summed E-state index contributed by atoms with van der Waals surface area (Å²) >= 11 is 1.47. The molecule has 0 atom stereocenters. The van der Waals surface area contributed by atoms with E-state index in [1.165, 1.54) is 22.5 Å². The number of pyridine rings is 1. The van der Waals surface area contributed by atoms with Crippen molar-refractivity contribution in [1.29, 1.82) is 0 Å². The molecule has 0 bridgehead atoms. The lowest BCUT2D eigenvalue weighted by molar-refractivity contribution is 0.626. The molecule has 5 heteroatoms. The van der Waals surface area contributed by atoms with Crippen molar-refractivity contribution in [3.05, 3.63) is 119 Å². The van der Waals surface area contributed by atoms with Crippen LogP contribution in [0.2, 0.25) is 0 Å². The fraction of sp³-hybridized carbons (Fsp3) is 0.200. The van der Waals surface area contributed by atoms with E-state index in [1.807, 2.05) is 42.5 Å². The van der Waals surface area contributed by atoms with Gasteiger partial charge in [-0.25, -0.2) is 14.4 Å². The van der Waals surface area contributed by atoms with Gasteiger partial charge in [-0.2, -0.15) is 0 Å². The van der Waals surface area contributed by atoms with Crippen molar-refractivity contribution in [3.63, 3.8) is 0 Å². The van der Waals surface area contributed by atoms with Crippen LogP contribution in [-0.2, 0) is 18.4 Å². The van der Waals surface area contributed by atoms with Crippen LogP contribution >= 0.6 is 11.3 Å². The average Bonchev–Trinajstić information content (AvgIpc) is 3.61. The number of thiazole rings is 1. The third-order valence-electron chi connectivity index (χ3n) is 6.85. The number of nitrogens with one attached hydrogen (secondary N) is 1. The Kier molecular flexibility index (Phi) is 5.88. The zero-order valence-electron chi connectivity index (χ0n) is 19.4. The molecule has 5 aromatic rings. The van der Waals surface area contributed by atoms with Crippen LogP contribution in [0.5, 0.6) is 0 Å². The first-order chi connectivity index (χ1) is 17.2. The summed E-state index contributed by atoms with van der Waals surface area (Å²) in [6.45, 7) is 1.61. The molecule has 1 fully saturated rings. The SMILES string of the molecule is Fc1cc(CCNCc2ccccc2)ccc1-c1nc2ccc(C3(c4ccccc4)CC3)nc2s1. The summed E-state index contributed by atoms with van der Waals surface area (Å²) in [6, 6.07) is 30.5. The zero-order chi connectivity index (χ0) is 23.7. The predicted molar refractivity (Wildman–Crippen MR) is 141 cm³/mol. The lowest BCUT2D eigenvalue weighted by Crippen LogP contribution is -2.16. The molecule has 2 heterocycles. The molecule has 3 nitrogen and oxygen atoms in total. The first-order valence-electron chi connectivity index (χ1n) is 12.1. The number of fused-ring (bicyclic) bond motifs is 1. The van der Waals surface area contributed by atoms with Crippen LogP contribution in [0, 0.1) is 5.82 Å². The molecule has 174 valence electrons. The van der Waals surface area contributed by atoms with Crippen LogP contribution < -0.4 is 5.32 Å². The molecule has 0 unspecified atom stereocenters. The first-order valence-corrected chi connectivity index (χ1v) is 12.9. The molecule has 0 radical (unpaired) electrons. The summed E-state index contributed by atoms with van der Waals surface area (Å²) < 4.78 is 15.1. The molecule has 0 aliphatic heterocycles. The van der Waals surface area contributed by atoms with Crippen molar-refractivity contribution in [2.24, 2.45) is 0 Å². The molecular weight excluding hydrogens is 453 g/mol. The van der Waals surface area contributed by atoms with Gasteiger partial charge in [-0.3, -0.25) is 0 Å². The van der Waals surface area contributed by atoms with E-state index in [-0.39, 0.29) is 11.2 Å². The highest BCUT2D eigenvalue weighted by Crippen LogP contribution is 2.53. The van der Waals surface area contributed by atoms with Gasteiger partial charge in [0.1, 0.15) is 21.2 Å². The minimum atomic E-state index is -0.229. The van der Waals surface area contributed by atoms with E-state index in [0.29, 0.717) is 10.6 Å². The molecule has 6 rings (SSSR count). The lowest BCUT2D eigenvalue weighted by atomic mass is 9.92. The molecule has 1 aliphatic rings. The molecule has 0 amide bonds. The van der Waals surface area contributed by atoms with E-state index in [0.717, 1.165) is 54.0 Å². The van der Waals surface area contributed by atoms with Crippen LogP contribution in [0.4, 0.5) is 4.39 Å². The van der Waals surface area contributed by atoms with Crippen LogP contribution in [0.25, 0.3) is 20.9 Å². The maximum Gasteiger partial charge on any atom is 0.144 e. The Morgan fingerprint density at radius 2 is 1.60 bits per heavy atom. The third-order valence-corrected chi connectivity index (χ3v) is 7.85. The number of aromatic nitrogens is 2. The summed E-state index contributed by atoms with van der Waals surface area (Å²) in [5, 5.41) is 4.11. The smallest absolute Gasteiger partial charge is 0.144 e. The quantitative estimate of drug-likeness (QED) is 0.246. The minimum Gasteiger partial charge on any atom is -0.312 e. The Morgan fingerprint density at radius 3 is 2.34 bits per heavy atom. The second kappa shape index (κ2) is 9.33. The molecule has 0 saturated heterocycles. The Balaban J connectivity index is 1.17. The van der Waals surface area contributed by atoms with Crippen molar-refractivity contribution >= 4 is 21.7 Å². The Bertz CT molecular complexity index is 1460. The number of halogens is 1. The van der Waals surface area contributed by atoms with Crippen LogP contribution in [0.15, 0.2) is 91.0 Å². The fourth-order valence-corrected chi connectivity index (χ4v) is 5.69. The highest BCUT2D eigenvalue weighted by molar-refractivity contribution is 7.21. The van der Waals surface area contributed by atoms with Gasteiger partial charge in [0.25, 0.3) is 0 Å². The Labute approximate surface area is 208 Å². The largest absolute Gasteiger partial charge is 0.312 e. The second-order valence-corrected chi connectivity index (χ2v) is 10.2. The first kappa shape index (κ1) is 22.1. The van der Waals surface area contributed by atoms with E-state index in [4.69, 9.17) is 9.97 Å². The topological polar surface area (TPSA) is 37.8 Å². The van der Waals surface area contributed by atoms with Crippen molar-refractivity contribution < 1.29 is 4.39 Å². The van der Waals surface area contributed by atoms with E-state index in [9.17, 15) is 0 Å². The molecule has 1 aliphatic carbocycles. The number of hydrogen-bond acceptors (Lipinski definition) is 4. The number of benzene rings is 3. The van der Waals surface area contributed by atoms with Crippen molar-refractivity contribution in [2.45, 2.75) is 31.2 Å². The van der Waals surface area contributed by atoms with Gasteiger partial charge in [0.05, 0.1) is 5.69 Å². The van der Waals surface area contributed by atoms with Gasteiger partial charge in [-0.1, -0.05) is 78.1 Å². The van der Waals surface area contributed by atoms with E-state index >= 15 is 4.39 Å². The van der Waals surface area contributed by atoms with Gasteiger partial charge in [-0.15, -0.1) is 0 Å². The van der Waals surface area contributed by atoms with Crippen LogP contribution in [0.1, 0.15) is 35.2 Å². The average molecular weight is 480 g/mol. The van der Waals surface area contributed by atoms with Crippen LogP contribution in [0.3, 0.4) is 0 Å². The van der Waals surface area contributed by atoms with Crippen molar-refractivity contribution in [1.82, 2.24) is 15.3 Å². The highest BCUT2D eigenvalue weighted by Gasteiger charge is 2.47. The monoisotopic (exact) mass is 479 g/mol. The zero-order valence-corrected chi connectivity index (χ0v) is 20.2. The van der Waals surface area contributed by atoms with Crippen molar-refractivity contribution in [3.8, 4) is 10.6 Å². The fourth-order valence-electron chi connectivity index (χ4n) is 4.72. The molecule has 2 aromatic heterocycles. The Morgan fingerprint density at radius 1 is 0.829 bits per heavy atom. The molecule has 0 spiro atoms. The van der Waals surface area contributed by atoms with Gasteiger partial charge in [0, 0.05) is 17.5 Å². The van der Waals surface area contributed by atoms with E-state index in [2.05, 4.69) is 47.8 Å². The third kappa shape index (κ3) is 4.49. The second-order valence-electron chi connectivity index (χ2n) is 9.21. The number of rotatable bonds is 8. The van der Waals surface area contributed by atoms with Gasteiger partial charge >= 0.3 is 0 Å². The molecule has 35 heavy (non-hydrogen) atoms. The minimum absolute atomic E-state index is 0.0149. The molecular formula is C30H26FN3S. The van der Waals surface area contributed by atoms with Gasteiger partial charge in [0.15, 0.2) is 0 Å². The van der Waals surface area contributed by atoms with Crippen molar-refractivity contribution in [2.75, 3.05) is 6.54 Å². The Hall–Kier alpha value is -3.41. The van der Waals surface area contributed by atoms with E-state index < -0.39 is 0 Å². The lowest BCUT2D eigenvalue weighted by Gasteiger charge is -2.14. The highest BCUT2D eigenvalue weighted by atomic mass is 32.1. The molecule has 1 N–H and O–H groups in total. The van der Waals surface area contributed by atoms with Gasteiger partial charge in [0.2, 0.25) is 0 Å². The summed E-state index contributed by atoms with van der Waals surface area (Å²) in [5.74, 6) is -0.229. The normalized spacial score (nSPS) is 14.3. The molecule has 1 saturated carbocycles. The van der Waals surface area contributed by atoms with Gasteiger partial charge in [-0.05, 0) is 66.8 Å². The summed E-state index contributed by atoms with van der Waals surface area (Å²) in [5.41, 5.74) is 6.01. The van der Waals surface area contributed by atoms with Gasteiger partial charge < -0.3 is 5.32 Å². The van der Waals surface area contributed by atoms with E-state index in [1.54, 1.807) is 6.07 Å². The van der Waals surface area contributed by atoms with Crippen LogP contribution in [-0.4, -0.2) is 16.5 Å². The standard InChI is InChI=1S/C30H26FN3S/c31-25-19-21(15-18-32-20-22-7-3-1-4-8-22)11-12-24(25)28-33-26-13-14-27(34-29(26)35-28)30(16-17-30)23-9-5-2-6-10-23/h1-14,19,32H,15-18,20H2. The maximum absolute atomic E-state index is 15.1. The summed E-state index contributed by atoms with van der Waals surface area (Å²) in [7, 11) is 0. The summed E-state index contributed by atoms with van der Waals surface area (Å²) in [4.78, 5) is 10.6. The maximum atomic E-state index is 15.1. The predicted octanol–water partition coefficient (Wildman–Crippen LogP) is 6.91. The number of hydrogen-bond donors (Lipinski definition) is 1. The summed E-state index contributed by atoms with van der Waals surface area (Å²) in [6.07, 6.45) is 2.99. The molecule has 3 aromatic carbocycles. The number of nitrogens with zero attached hydrogens (tertiary/aromatic N) is 2.